The summed E-state index contributed by atoms with van der Waals surface area (Å²) in [6.07, 6.45) is 0.986. The molecule has 1 aromatic rings. The van der Waals surface area contributed by atoms with Crippen molar-refractivity contribution in [3.63, 3.8) is 0 Å². The molecule has 0 aliphatic carbocycles. The summed E-state index contributed by atoms with van der Waals surface area (Å²) in [5, 5.41) is 9.00. The van der Waals surface area contributed by atoms with Crippen LogP contribution in [0.2, 0.25) is 0 Å². The minimum absolute atomic E-state index is 0.225. The van der Waals surface area contributed by atoms with Crippen LogP contribution in [-0.2, 0) is 14.8 Å². The van der Waals surface area contributed by atoms with Crippen LogP contribution in [0.25, 0.3) is 0 Å². The van der Waals surface area contributed by atoms with Crippen molar-refractivity contribution >= 4 is 27.3 Å². The van der Waals surface area contributed by atoms with Crippen molar-refractivity contribution in [2.75, 3.05) is 6.54 Å². The van der Waals surface area contributed by atoms with Crippen LogP contribution in [0, 0.1) is 6.92 Å². The number of carboxylic acid groups (broad SMARTS) is 1. The van der Waals surface area contributed by atoms with E-state index in [0.29, 0.717) is 12.8 Å². The fraction of sp³-hybridized carbons (Fsp3) is 0.500. The fourth-order valence-corrected chi connectivity index (χ4v) is 5.00. The molecule has 1 aromatic heterocycles. The van der Waals surface area contributed by atoms with Crippen LogP contribution < -0.4 is 0 Å². The molecule has 94 valence electrons. The number of hydrogen-bond donors (Lipinski definition) is 1. The average molecular weight is 275 g/mol. The molecule has 2 heterocycles. The average Bonchev–Trinajstić information content (AvgIpc) is 2.84. The van der Waals surface area contributed by atoms with Crippen LogP contribution >= 0.6 is 11.3 Å². The number of carboxylic acids is 1. The molecule has 0 bridgehead atoms. The maximum absolute atomic E-state index is 12.2. The molecule has 0 aromatic carbocycles. The lowest BCUT2D eigenvalue weighted by Crippen LogP contribution is -2.40. The molecular weight excluding hydrogens is 262 g/mol. The van der Waals surface area contributed by atoms with Gasteiger partial charge in [0, 0.05) is 11.4 Å². The van der Waals surface area contributed by atoms with Crippen molar-refractivity contribution in [2.45, 2.75) is 30.0 Å². The highest BCUT2D eigenvalue weighted by Gasteiger charge is 2.39. The Hall–Kier alpha value is -0.920. The summed E-state index contributed by atoms with van der Waals surface area (Å²) in [5.74, 6) is -1.07. The van der Waals surface area contributed by atoms with Gasteiger partial charge in [0.2, 0.25) is 0 Å². The summed E-state index contributed by atoms with van der Waals surface area (Å²) in [4.78, 5) is 11.9. The van der Waals surface area contributed by atoms with Gasteiger partial charge in [-0.1, -0.05) is 0 Å². The Morgan fingerprint density at radius 2 is 2.24 bits per heavy atom. The van der Waals surface area contributed by atoms with Crippen LogP contribution in [0.1, 0.15) is 17.7 Å². The van der Waals surface area contributed by atoms with E-state index < -0.39 is 22.0 Å². The molecule has 2 rings (SSSR count). The Balaban J connectivity index is 2.36. The lowest BCUT2D eigenvalue weighted by atomic mass is 10.2. The number of hydrogen-bond acceptors (Lipinski definition) is 4. The van der Waals surface area contributed by atoms with Crippen molar-refractivity contribution in [3.8, 4) is 0 Å². The van der Waals surface area contributed by atoms with Crippen molar-refractivity contribution in [2.24, 2.45) is 0 Å². The van der Waals surface area contributed by atoms with Gasteiger partial charge >= 0.3 is 5.97 Å². The van der Waals surface area contributed by atoms with Gasteiger partial charge in [-0.2, -0.15) is 4.31 Å². The SMILES string of the molecule is Cc1ccc(S(=O)(=O)N2CCC[C@H]2C(=O)O)s1. The molecule has 1 aliphatic rings. The summed E-state index contributed by atoms with van der Waals surface area (Å²) in [6.45, 7) is 2.11. The smallest absolute Gasteiger partial charge is 0.322 e. The van der Waals surface area contributed by atoms with Crippen molar-refractivity contribution in [1.82, 2.24) is 4.31 Å². The number of aryl methyl sites for hydroxylation is 1. The third-order valence-corrected chi connectivity index (χ3v) is 6.14. The molecule has 0 radical (unpaired) electrons. The Morgan fingerprint density at radius 1 is 1.53 bits per heavy atom. The van der Waals surface area contributed by atoms with E-state index in [9.17, 15) is 13.2 Å². The van der Waals surface area contributed by atoms with E-state index in [2.05, 4.69) is 0 Å². The molecule has 1 saturated heterocycles. The molecule has 17 heavy (non-hydrogen) atoms. The monoisotopic (exact) mass is 275 g/mol. The molecule has 0 unspecified atom stereocenters. The maximum Gasteiger partial charge on any atom is 0.322 e. The first kappa shape index (κ1) is 12.5. The maximum atomic E-state index is 12.2. The van der Waals surface area contributed by atoms with Gasteiger partial charge < -0.3 is 5.11 Å². The molecule has 1 aliphatic heterocycles. The second-order valence-electron chi connectivity index (χ2n) is 3.98. The first-order chi connectivity index (χ1) is 7.93. The van der Waals surface area contributed by atoms with E-state index in [0.717, 1.165) is 9.18 Å². The highest BCUT2D eigenvalue weighted by atomic mass is 32.2. The zero-order chi connectivity index (χ0) is 12.6. The zero-order valence-electron chi connectivity index (χ0n) is 9.29. The number of rotatable bonds is 3. The molecule has 5 nitrogen and oxygen atoms in total. The predicted octanol–water partition coefficient (Wildman–Crippen LogP) is 1.29. The van der Waals surface area contributed by atoms with Crippen LogP contribution in [0.3, 0.4) is 0 Å². The Labute approximate surface area is 104 Å². The molecule has 1 fully saturated rings. The van der Waals surface area contributed by atoms with Gasteiger partial charge in [-0.3, -0.25) is 4.79 Å². The molecule has 0 spiro atoms. The quantitative estimate of drug-likeness (QED) is 0.902. The number of sulfonamides is 1. The van der Waals surface area contributed by atoms with E-state index in [4.69, 9.17) is 5.11 Å². The number of aliphatic carboxylic acids is 1. The van der Waals surface area contributed by atoms with Crippen LogP contribution in [0.5, 0.6) is 0 Å². The highest BCUT2D eigenvalue weighted by molar-refractivity contribution is 7.91. The molecule has 0 amide bonds. The summed E-state index contributed by atoms with van der Waals surface area (Å²) < 4.78 is 25.8. The Kier molecular flexibility index (Phi) is 3.24. The standard InChI is InChI=1S/C10H13NO4S2/c1-7-4-5-9(16-7)17(14,15)11-6-2-3-8(11)10(12)13/h4-5,8H,2-3,6H2,1H3,(H,12,13)/t8-/m0/s1. The highest BCUT2D eigenvalue weighted by Crippen LogP contribution is 2.30. The van der Waals surface area contributed by atoms with Gasteiger partial charge in [-0.15, -0.1) is 11.3 Å². The molecule has 0 saturated carbocycles. The summed E-state index contributed by atoms with van der Waals surface area (Å²) >= 11 is 1.17. The van der Waals surface area contributed by atoms with E-state index in [1.165, 1.54) is 17.4 Å². The third-order valence-electron chi connectivity index (χ3n) is 2.77. The zero-order valence-corrected chi connectivity index (χ0v) is 10.9. The molecule has 1 atom stereocenters. The summed E-state index contributed by atoms with van der Waals surface area (Å²) in [5.41, 5.74) is 0. The van der Waals surface area contributed by atoms with Crippen LogP contribution in [-0.4, -0.2) is 36.4 Å². The lowest BCUT2D eigenvalue weighted by molar-refractivity contribution is -0.140. The minimum atomic E-state index is -3.64. The van der Waals surface area contributed by atoms with Crippen molar-refractivity contribution < 1.29 is 18.3 Å². The van der Waals surface area contributed by atoms with Crippen LogP contribution in [0.15, 0.2) is 16.3 Å². The number of thiophene rings is 1. The minimum Gasteiger partial charge on any atom is -0.480 e. The first-order valence-corrected chi connectivity index (χ1v) is 7.49. The Morgan fingerprint density at radius 3 is 2.76 bits per heavy atom. The second-order valence-corrected chi connectivity index (χ2v) is 7.38. The fourth-order valence-electron chi connectivity index (χ4n) is 1.94. The van der Waals surface area contributed by atoms with Gasteiger partial charge in [0.05, 0.1) is 0 Å². The second kappa shape index (κ2) is 4.40. The van der Waals surface area contributed by atoms with Gasteiger partial charge in [0.1, 0.15) is 10.3 Å². The lowest BCUT2D eigenvalue weighted by Gasteiger charge is -2.19. The normalized spacial score (nSPS) is 21.8. The third kappa shape index (κ3) is 2.22. The van der Waals surface area contributed by atoms with Gasteiger partial charge in [0.15, 0.2) is 0 Å². The molecule has 1 N–H and O–H groups in total. The van der Waals surface area contributed by atoms with Crippen molar-refractivity contribution in [1.29, 1.82) is 0 Å². The number of nitrogens with zero attached hydrogens (tertiary/aromatic N) is 1. The summed E-state index contributed by atoms with van der Waals surface area (Å²) in [6, 6.07) is 2.35. The predicted molar refractivity (Wildman–Crippen MR) is 63.6 cm³/mol. The summed E-state index contributed by atoms with van der Waals surface area (Å²) in [7, 11) is -3.64. The topological polar surface area (TPSA) is 74.7 Å². The van der Waals surface area contributed by atoms with E-state index in [1.54, 1.807) is 6.07 Å². The van der Waals surface area contributed by atoms with E-state index in [1.807, 2.05) is 6.92 Å². The van der Waals surface area contributed by atoms with Crippen LogP contribution in [0.4, 0.5) is 0 Å². The van der Waals surface area contributed by atoms with E-state index in [-0.39, 0.29) is 10.8 Å². The van der Waals surface area contributed by atoms with Crippen molar-refractivity contribution in [3.05, 3.63) is 17.0 Å². The first-order valence-electron chi connectivity index (χ1n) is 5.24. The van der Waals surface area contributed by atoms with Gasteiger partial charge in [-0.25, -0.2) is 8.42 Å². The number of carbonyl (C=O) groups is 1. The Bertz CT molecular complexity index is 534. The van der Waals surface area contributed by atoms with E-state index >= 15 is 0 Å². The van der Waals surface area contributed by atoms with Gasteiger partial charge in [-0.05, 0) is 31.9 Å². The molecule has 7 heteroatoms. The largest absolute Gasteiger partial charge is 0.480 e. The molecular formula is C10H13NO4S2. The van der Waals surface area contributed by atoms with Gasteiger partial charge in [0.25, 0.3) is 10.0 Å².